The van der Waals surface area contributed by atoms with Crippen LogP contribution < -0.4 is 5.32 Å². The van der Waals surface area contributed by atoms with Crippen molar-refractivity contribution >= 4 is 10.8 Å². The van der Waals surface area contributed by atoms with Crippen LogP contribution in [0.4, 0.5) is 0 Å². The Morgan fingerprint density at radius 2 is 2.00 bits per heavy atom. The van der Waals surface area contributed by atoms with Gasteiger partial charge in [-0.2, -0.15) is 0 Å². The van der Waals surface area contributed by atoms with Crippen molar-refractivity contribution in [1.82, 2.24) is 5.32 Å². The predicted molar refractivity (Wildman–Crippen MR) is 73.7 cm³/mol. The van der Waals surface area contributed by atoms with Crippen molar-refractivity contribution in [2.75, 3.05) is 18.6 Å². The summed E-state index contributed by atoms with van der Waals surface area (Å²) in [5.74, 6) is 1.64. The zero-order chi connectivity index (χ0) is 12.1. The number of benzene rings is 1. The van der Waals surface area contributed by atoms with E-state index in [0.717, 1.165) is 31.2 Å². The van der Waals surface area contributed by atoms with Crippen LogP contribution in [0.2, 0.25) is 0 Å². The lowest BCUT2D eigenvalue weighted by molar-refractivity contribution is 0.662. The Morgan fingerprint density at radius 1 is 1.29 bits per heavy atom. The van der Waals surface area contributed by atoms with Crippen LogP contribution in [0.15, 0.2) is 24.3 Å². The quantitative estimate of drug-likeness (QED) is 0.754. The average Bonchev–Trinajstić information content (AvgIpc) is 3.13. The molecule has 1 aliphatic carbocycles. The Bertz CT molecular complexity index is 370. The monoisotopic (exact) mass is 251 g/mol. The minimum atomic E-state index is -0.655. The number of hydrogen-bond donors (Lipinski definition) is 1. The van der Waals surface area contributed by atoms with Gasteiger partial charge in [-0.05, 0) is 42.9 Å². The largest absolute Gasteiger partial charge is 0.313 e. The molecule has 0 heterocycles. The highest BCUT2D eigenvalue weighted by atomic mass is 32.2. The molecule has 2 nitrogen and oxygen atoms in total. The van der Waals surface area contributed by atoms with Crippen LogP contribution in [0.25, 0.3) is 0 Å². The molecule has 0 aliphatic heterocycles. The fourth-order valence-electron chi connectivity index (χ4n) is 1.96. The van der Waals surface area contributed by atoms with Crippen LogP contribution >= 0.6 is 0 Å². The number of hydrogen-bond acceptors (Lipinski definition) is 2. The molecule has 1 fully saturated rings. The van der Waals surface area contributed by atoms with E-state index in [1.807, 2.05) is 0 Å². The SMILES string of the molecule is CS(=O)CCCNCc1ccc(C2CC2)cc1. The van der Waals surface area contributed by atoms with Crippen LogP contribution in [-0.2, 0) is 17.3 Å². The van der Waals surface area contributed by atoms with Crippen molar-refractivity contribution in [2.24, 2.45) is 0 Å². The highest BCUT2D eigenvalue weighted by Crippen LogP contribution is 2.39. The molecule has 17 heavy (non-hydrogen) atoms. The van der Waals surface area contributed by atoms with Gasteiger partial charge in [-0.3, -0.25) is 4.21 Å². The molecule has 0 saturated heterocycles. The van der Waals surface area contributed by atoms with Crippen LogP contribution in [0.5, 0.6) is 0 Å². The van der Waals surface area contributed by atoms with Gasteiger partial charge < -0.3 is 5.32 Å². The molecule has 1 N–H and O–H groups in total. The Kier molecular flexibility index (Phi) is 4.75. The van der Waals surface area contributed by atoms with Gasteiger partial charge in [0.2, 0.25) is 0 Å². The van der Waals surface area contributed by atoms with Gasteiger partial charge in [-0.15, -0.1) is 0 Å². The Balaban J connectivity index is 1.66. The first kappa shape index (κ1) is 12.8. The second-order valence-corrected chi connectivity index (χ2v) is 6.38. The second kappa shape index (κ2) is 6.31. The van der Waals surface area contributed by atoms with Crippen molar-refractivity contribution in [3.05, 3.63) is 35.4 Å². The molecule has 1 aromatic rings. The second-order valence-electron chi connectivity index (χ2n) is 4.82. The molecule has 2 rings (SSSR count). The van der Waals surface area contributed by atoms with Crippen LogP contribution in [0, 0.1) is 0 Å². The summed E-state index contributed by atoms with van der Waals surface area (Å²) in [5.41, 5.74) is 2.84. The summed E-state index contributed by atoms with van der Waals surface area (Å²) in [6, 6.07) is 8.96. The van der Waals surface area contributed by atoms with Gasteiger partial charge in [-0.1, -0.05) is 24.3 Å². The third-order valence-corrected chi connectivity index (χ3v) is 4.01. The van der Waals surface area contributed by atoms with Gasteiger partial charge >= 0.3 is 0 Å². The van der Waals surface area contributed by atoms with Crippen molar-refractivity contribution in [3.8, 4) is 0 Å². The van der Waals surface area contributed by atoms with Gasteiger partial charge in [0.1, 0.15) is 0 Å². The Morgan fingerprint density at radius 3 is 2.59 bits per heavy atom. The highest BCUT2D eigenvalue weighted by molar-refractivity contribution is 7.84. The predicted octanol–water partition coefficient (Wildman–Crippen LogP) is 2.42. The van der Waals surface area contributed by atoms with E-state index in [1.165, 1.54) is 24.0 Å². The highest BCUT2D eigenvalue weighted by Gasteiger charge is 2.22. The zero-order valence-corrected chi connectivity index (χ0v) is 11.3. The van der Waals surface area contributed by atoms with Crippen molar-refractivity contribution < 1.29 is 4.21 Å². The normalized spacial score (nSPS) is 17.0. The minimum absolute atomic E-state index is 0.655. The van der Waals surface area contributed by atoms with Gasteiger partial charge in [0.05, 0.1) is 0 Å². The summed E-state index contributed by atoms with van der Waals surface area (Å²) in [6.07, 6.45) is 5.48. The van der Waals surface area contributed by atoms with E-state index >= 15 is 0 Å². The first-order valence-corrected chi connectivity index (χ1v) is 8.08. The maximum atomic E-state index is 10.9. The first-order chi connectivity index (χ1) is 8.25. The van der Waals surface area contributed by atoms with Crippen LogP contribution in [0.1, 0.15) is 36.3 Å². The summed E-state index contributed by atoms with van der Waals surface area (Å²) in [5, 5.41) is 3.39. The van der Waals surface area contributed by atoms with E-state index in [9.17, 15) is 4.21 Å². The molecule has 3 heteroatoms. The molecule has 94 valence electrons. The Hall–Kier alpha value is -0.670. The molecule has 0 amide bonds. The van der Waals surface area contributed by atoms with Crippen LogP contribution in [0.3, 0.4) is 0 Å². The topological polar surface area (TPSA) is 29.1 Å². The van der Waals surface area contributed by atoms with Crippen molar-refractivity contribution in [1.29, 1.82) is 0 Å². The van der Waals surface area contributed by atoms with E-state index < -0.39 is 10.8 Å². The lowest BCUT2D eigenvalue weighted by Gasteiger charge is -2.05. The standard InChI is InChI=1S/C14H21NOS/c1-17(16)10-2-9-15-11-12-3-5-13(6-4-12)14-7-8-14/h3-6,14-15H,2,7-11H2,1H3. The molecular weight excluding hydrogens is 230 g/mol. The third kappa shape index (κ3) is 4.60. The third-order valence-electron chi connectivity index (χ3n) is 3.14. The van der Waals surface area contributed by atoms with Gasteiger partial charge in [0.15, 0.2) is 0 Å². The molecule has 1 saturated carbocycles. The zero-order valence-electron chi connectivity index (χ0n) is 10.4. The number of nitrogens with one attached hydrogen (secondary N) is 1. The smallest absolute Gasteiger partial charge is 0.0244 e. The van der Waals surface area contributed by atoms with Crippen molar-refractivity contribution in [3.63, 3.8) is 0 Å². The maximum Gasteiger partial charge on any atom is 0.0244 e. The lowest BCUT2D eigenvalue weighted by atomic mass is 10.1. The summed E-state index contributed by atoms with van der Waals surface area (Å²) in [7, 11) is -0.655. The molecule has 0 radical (unpaired) electrons. The maximum absolute atomic E-state index is 10.9. The van der Waals surface area contributed by atoms with E-state index in [4.69, 9.17) is 0 Å². The van der Waals surface area contributed by atoms with E-state index in [-0.39, 0.29) is 0 Å². The fraction of sp³-hybridized carbons (Fsp3) is 0.571. The molecule has 0 aromatic heterocycles. The molecule has 0 spiro atoms. The van der Waals surface area contributed by atoms with Gasteiger partial charge in [-0.25, -0.2) is 0 Å². The van der Waals surface area contributed by atoms with Gasteiger partial charge in [0.25, 0.3) is 0 Å². The molecule has 1 atom stereocenters. The summed E-state index contributed by atoms with van der Waals surface area (Å²) in [6.45, 7) is 1.87. The molecule has 1 aliphatic rings. The molecule has 1 unspecified atom stereocenters. The van der Waals surface area contributed by atoms with E-state index in [2.05, 4.69) is 29.6 Å². The lowest BCUT2D eigenvalue weighted by Crippen LogP contribution is -2.16. The average molecular weight is 251 g/mol. The van der Waals surface area contributed by atoms with E-state index in [0.29, 0.717) is 0 Å². The molecular formula is C14H21NOS. The molecule has 1 aromatic carbocycles. The summed E-state index contributed by atoms with van der Waals surface area (Å²) < 4.78 is 10.9. The fourth-order valence-corrected chi connectivity index (χ4v) is 2.51. The Labute approximate surface area is 106 Å². The minimum Gasteiger partial charge on any atom is -0.313 e. The first-order valence-electron chi connectivity index (χ1n) is 6.35. The van der Waals surface area contributed by atoms with Crippen LogP contribution in [-0.4, -0.2) is 22.8 Å². The van der Waals surface area contributed by atoms with E-state index in [1.54, 1.807) is 6.26 Å². The van der Waals surface area contributed by atoms with Gasteiger partial charge in [0, 0.05) is 29.4 Å². The number of rotatable bonds is 7. The summed E-state index contributed by atoms with van der Waals surface area (Å²) in [4.78, 5) is 0. The van der Waals surface area contributed by atoms with Crippen molar-refractivity contribution in [2.45, 2.75) is 31.7 Å². The molecule has 0 bridgehead atoms. The summed E-state index contributed by atoms with van der Waals surface area (Å²) >= 11 is 0.